The van der Waals surface area contributed by atoms with Crippen molar-refractivity contribution in [1.82, 2.24) is 0 Å². The van der Waals surface area contributed by atoms with Gasteiger partial charge in [-0.15, -0.1) is 0 Å². The van der Waals surface area contributed by atoms with Gasteiger partial charge in [0.2, 0.25) is 5.91 Å². The Kier molecular flexibility index (Phi) is 4.34. The molecule has 128 valence electrons. The molecule has 1 amide bonds. The van der Waals surface area contributed by atoms with Gasteiger partial charge < -0.3 is 16.2 Å². The lowest BCUT2D eigenvalue weighted by Gasteiger charge is -2.43. The highest BCUT2D eigenvalue weighted by atomic mass is 16.3. The number of nitriles is 1. The number of para-hydroxylation sites is 2. The van der Waals surface area contributed by atoms with Crippen LogP contribution in [-0.2, 0) is 4.79 Å². The van der Waals surface area contributed by atoms with Gasteiger partial charge in [-0.2, -0.15) is 5.26 Å². The van der Waals surface area contributed by atoms with Crippen LogP contribution in [-0.4, -0.2) is 17.2 Å². The van der Waals surface area contributed by atoms with E-state index in [-0.39, 0.29) is 17.9 Å². The number of nitrogen functional groups attached to an aromatic ring is 1. The Balaban J connectivity index is 2.12. The van der Waals surface area contributed by atoms with Crippen LogP contribution in [0.1, 0.15) is 31.0 Å². The van der Waals surface area contributed by atoms with Crippen LogP contribution in [0.5, 0.6) is 0 Å². The number of carbonyl (C=O) groups excluding carboxylic acids is 1. The van der Waals surface area contributed by atoms with Gasteiger partial charge in [0.1, 0.15) is 6.23 Å². The number of anilines is 3. The van der Waals surface area contributed by atoms with Crippen molar-refractivity contribution in [1.29, 1.82) is 5.26 Å². The molecule has 0 aromatic heterocycles. The zero-order valence-corrected chi connectivity index (χ0v) is 14.1. The second-order valence-electron chi connectivity index (χ2n) is 6.26. The summed E-state index contributed by atoms with van der Waals surface area (Å²) in [7, 11) is 0. The minimum atomic E-state index is -0.972. The van der Waals surface area contributed by atoms with Crippen molar-refractivity contribution in [2.45, 2.75) is 26.1 Å². The molecule has 0 aliphatic carbocycles. The summed E-state index contributed by atoms with van der Waals surface area (Å²) in [6.07, 6.45) is -0.972. The number of hydrogen-bond acceptors (Lipinski definition) is 5. The number of nitrogens with zero attached hydrogens (tertiary/aromatic N) is 2. The average molecular weight is 336 g/mol. The van der Waals surface area contributed by atoms with E-state index in [4.69, 9.17) is 5.73 Å². The number of aliphatic hydroxyl groups excluding tert-OH is 1. The van der Waals surface area contributed by atoms with Crippen LogP contribution in [0.2, 0.25) is 0 Å². The van der Waals surface area contributed by atoms with Crippen molar-refractivity contribution in [3.05, 3.63) is 53.6 Å². The first-order chi connectivity index (χ1) is 11.9. The third-order valence-electron chi connectivity index (χ3n) is 4.62. The molecule has 0 radical (unpaired) electrons. The molecular formula is C19H20N4O2. The highest BCUT2D eigenvalue weighted by Crippen LogP contribution is 2.42. The molecular weight excluding hydrogens is 316 g/mol. The molecule has 6 heteroatoms. The van der Waals surface area contributed by atoms with Crippen LogP contribution < -0.4 is 16.0 Å². The van der Waals surface area contributed by atoms with E-state index in [1.54, 1.807) is 24.3 Å². The number of nitrogens with one attached hydrogen (secondary N) is 1. The second kappa shape index (κ2) is 6.46. The summed E-state index contributed by atoms with van der Waals surface area (Å²) < 4.78 is 0. The number of nitrogens with two attached hydrogens (primary N) is 1. The van der Waals surface area contributed by atoms with Crippen LogP contribution in [0.3, 0.4) is 0 Å². The number of amides is 1. The maximum Gasteiger partial charge on any atom is 0.225 e. The third-order valence-corrected chi connectivity index (χ3v) is 4.62. The van der Waals surface area contributed by atoms with Gasteiger partial charge in [0, 0.05) is 12.8 Å². The molecule has 0 bridgehead atoms. The predicted octanol–water partition coefficient (Wildman–Crippen LogP) is 2.61. The van der Waals surface area contributed by atoms with Crippen LogP contribution in [0.4, 0.5) is 17.1 Å². The van der Waals surface area contributed by atoms with E-state index in [0.29, 0.717) is 16.9 Å². The lowest BCUT2D eigenvalue weighted by atomic mass is 9.85. The molecule has 1 aliphatic rings. The van der Waals surface area contributed by atoms with E-state index < -0.39 is 6.23 Å². The minimum Gasteiger partial charge on any atom is -0.397 e. The van der Waals surface area contributed by atoms with Crippen LogP contribution in [0, 0.1) is 17.2 Å². The molecule has 0 spiro atoms. The average Bonchev–Trinajstić information content (AvgIpc) is 2.60. The molecule has 3 atom stereocenters. The molecule has 0 saturated heterocycles. The van der Waals surface area contributed by atoms with E-state index in [2.05, 4.69) is 11.4 Å². The normalized spacial score (nSPS) is 22.0. The Labute approximate surface area is 146 Å². The van der Waals surface area contributed by atoms with Crippen LogP contribution in [0.15, 0.2) is 42.5 Å². The predicted molar refractivity (Wildman–Crippen MR) is 96.7 cm³/mol. The fourth-order valence-electron chi connectivity index (χ4n) is 3.29. The number of benzene rings is 2. The van der Waals surface area contributed by atoms with Gasteiger partial charge in [-0.1, -0.05) is 19.1 Å². The number of aliphatic hydroxyl groups is 1. The summed E-state index contributed by atoms with van der Waals surface area (Å²) in [4.78, 5) is 13.4. The van der Waals surface area contributed by atoms with E-state index in [0.717, 1.165) is 11.3 Å². The summed E-state index contributed by atoms with van der Waals surface area (Å²) in [5, 5.41) is 23.3. The molecule has 3 rings (SSSR count). The SMILES string of the molecule is CC(=O)N1c2ccc(C#N)cc2[C@H](Nc2ccccc2N)[C@@H](C)[C@@H]1O. The van der Waals surface area contributed by atoms with Gasteiger partial charge in [0.05, 0.1) is 34.7 Å². The Hall–Kier alpha value is -3.04. The summed E-state index contributed by atoms with van der Waals surface area (Å²) in [6, 6.07) is 14.3. The monoisotopic (exact) mass is 336 g/mol. The van der Waals surface area contributed by atoms with Crippen molar-refractivity contribution < 1.29 is 9.90 Å². The van der Waals surface area contributed by atoms with Gasteiger partial charge in [0.25, 0.3) is 0 Å². The van der Waals surface area contributed by atoms with E-state index in [9.17, 15) is 15.2 Å². The molecule has 6 nitrogen and oxygen atoms in total. The fourth-order valence-corrected chi connectivity index (χ4v) is 3.29. The van der Waals surface area contributed by atoms with Gasteiger partial charge in [0.15, 0.2) is 0 Å². The highest BCUT2D eigenvalue weighted by molar-refractivity contribution is 5.93. The van der Waals surface area contributed by atoms with E-state index in [1.807, 2.05) is 25.1 Å². The molecule has 2 aromatic carbocycles. The molecule has 4 N–H and O–H groups in total. The smallest absolute Gasteiger partial charge is 0.225 e. The van der Waals surface area contributed by atoms with Gasteiger partial charge in [-0.3, -0.25) is 9.69 Å². The zero-order chi connectivity index (χ0) is 18.1. The van der Waals surface area contributed by atoms with Crippen molar-refractivity contribution in [2.75, 3.05) is 16.0 Å². The molecule has 2 aromatic rings. The Morgan fingerprint density at radius 2 is 2.04 bits per heavy atom. The quantitative estimate of drug-likeness (QED) is 0.732. The largest absolute Gasteiger partial charge is 0.397 e. The number of rotatable bonds is 2. The van der Waals surface area contributed by atoms with E-state index >= 15 is 0 Å². The zero-order valence-electron chi connectivity index (χ0n) is 14.1. The molecule has 0 unspecified atom stereocenters. The summed E-state index contributed by atoms with van der Waals surface area (Å²) in [5.41, 5.74) is 9.25. The number of carbonyl (C=O) groups is 1. The Morgan fingerprint density at radius 1 is 1.32 bits per heavy atom. The van der Waals surface area contributed by atoms with E-state index in [1.165, 1.54) is 11.8 Å². The maximum absolute atomic E-state index is 12.1. The molecule has 0 fully saturated rings. The summed E-state index contributed by atoms with van der Waals surface area (Å²) in [6.45, 7) is 3.28. The standard InChI is InChI=1S/C19H20N4O2/c1-11-18(22-16-6-4-3-5-15(16)21)14-9-13(10-20)7-8-17(14)23(12(2)24)19(11)25/h3-9,11,18-19,22,25H,21H2,1-2H3/t11-,18-,19+/m1/s1. The van der Waals surface area contributed by atoms with Crippen molar-refractivity contribution in [3.8, 4) is 6.07 Å². The lowest BCUT2D eigenvalue weighted by molar-refractivity contribution is -0.119. The lowest BCUT2D eigenvalue weighted by Crippen LogP contribution is -2.50. The molecule has 1 heterocycles. The minimum absolute atomic E-state index is 0.247. The van der Waals surface area contributed by atoms with Crippen molar-refractivity contribution in [3.63, 3.8) is 0 Å². The summed E-state index contributed by atoms with van der Waals surface area (Å²) in [5.74, 6) is -0.548. The van der Waals surface area contributed by atoms with Gasteiger partial charge in [-0.25, -0.2) is 0 Å². The first kappa shape index (κ1) is 16.8. The Bertz CT molecular complexity index is 859. The van der Waals surface area contributed by atoms with Gasteiger partial charge >= 0.3 is 0 Å². The fraction of sp³-hybridized carbons (Fsp3) is 0.263. The second-order valence-corrected chi connectivity index (χ2v) is 6.26. The molecule has 25 heavy (non-hydrogen) atoms. The number of fused-ring (bicyclic) bond motifs is 1. The number of hydrogen-bond donors (Lipinski definition) is 3. The maximum atomic E-state index is 12.1. The highest BCUT2D eigenvalue weighted by Gasteiger charge is 2.39. The van der Waals surface area contributed by atoms with Crippen molar-refractivity contribution in [2.24, 2.45) is 5.92 Å². The van der Waals surface area contributed by atoms with Crippen LogP contribution >= 0.6 is 0 Å². The first-order valence-electron chi connectivity index (χ1n) is 8.07. The third kappa shape index (κ3) is 2.90. The topological polar surface area (TPSA) is 102 Å². The molecule has 0 saturated carbocycles. The summed E-state index contributed by atoms with van der Waals surface area (Å²) >= 11 is 0. The van der Waals surface area contributed by atoms with Gasteiger partial charge in [-0.05, 0) is 35.9 Å². The Morgan fingerprint density at radius 3 is 2.68 bits per heavy atom. The molecule has 1 aliphatic heterocycles. The van der Waals surface area contributed by atoms with Crippen molar-refractivity contribution >= 4 is 23.0 Å². The first-order valence-corrected chi connectivity index (χ1v) is 8.07. The van der Waals surface area contributed by atoms with Crippen LogP contribution in [0.25, 0.3) is 0 Å².